The van der Waals surface area contributed by atoms with Crippen molar-refractivity contribution >= 4 is 32.4 Å². The monoisotopic (exact) mass is 299 g/mol. The van der Waals surface area contributed by atoms with Crippen molar-refractivity contribution in [1.29, 1.82) is 0 Å². The lowest BCUT2D eigenvalue weighted by molar-refractivity contribution is 0.321. The summed E-state index contributed by atoms with van der Waals surface area (Å²) in [5.74, 6) is 0.604. The van der Waals surface area contributed by atoms with Crippen LogP contribution in [-0.4, -0.2) is 20.8 Å². The number of hydrogen-bond donors (Lipinski definition) is 1. The van der Waals surface area contributed by atoms with Gasteiger partial charge < -0.3 is 4.74 Å². The smallest absolute Gasteiger partial charge is 0.209 e. The number of fused-ring (bicyclic) bond motifs is 1. The average Bonchev–Trinajstić information content (AvgIpc) is 2.36. The van der Waals surface area contributed by atoms with E-state index >= 15 is 0 Å². The third kappa shape index (κ3) is 3.83. The van der Waals surface area contributed by atoms with E-state index in [0.29, 0.717) is 23.8 Å². The molecule has 19 heavy (non-hydrogen) atoms. The Balaban J connectivity index is 2.11. The fourth-order valence-electron chi connectivity index (χ4n) is 1.80. The van der Waals surface area contributed by atoms with Gasteiger partial charge in [0, 0.05) is 15.8 Å². The first-order valence-electron chi connectivity index (χ1n) is 5.78. The number of benzene rings is 2. The third-order valence-corrected chi connectivity index (χ3v) is 3.85. The molecule has 0 aliphatic rings. The van der Waals surface area contributed by atoms with Crippen molar-refractivity contribution in [2.45, 2.75) is 6.42 Å². The van der Waals surface area contributed by atoms with Crippen molar-refractivity contribution < 1.29 is 13.2 Å². The second-order valence-corrected chi connectivity index (χ2v) is 6.30. The highest BCUT2D eigenvalue weighted by Gasteiger charge is 2.06. The summed E-state index contributed by atoms with van der Waals surface area (Å²) in [6.07, 6.45) is 0.357. The fourth-order valence-corrected chi connectivity index (χ4v) is 2.55. The second kappa shape index (κ2) is 5.77. The van der Waals surface area contributed by atoms with Crippen LogP contribution in [0.3, 0.4) is 0 Å². The van der Waals surface area contributed by atoms with Crippen LogP contribution in [0.1, 0.15) is 6.42 Å². The largest absolute Gasteiger partial charge is 0.493 e. The number of ether oxygens (including phenoxy) is 1. The first-order valence-corrected chi connectivity index (χ1v) is 7.87. The Hall–Kier alpha value is -1.30. The molecule has 0 aliphatic heterocycles. The molecule has 0 radical (unpaired) electrons. The Morgan fingerprint density at radius 2 is 1.79 bits per heavy atom. The van der Waals surface area contributed by atoms with Gasteiger partial charge in [-0.1, -0.05) is 35.9 Å². The molecule has 0 amide bonds. The van der Waals surface area contributed by atoms with E-state index in [1.807, 2.05) is 24.3 Å². The molecule has 2 N–H and O–H groups in total. The van der Waals surface area contributed by atoms with Crippen LogP contribution in [0.4, 0.5) is 0 Å². The number of sulfonamides is 1. The number of hydrogen-bond acceptors (Lipinski definition) is 3. The van der Waals surface area contributed by atoms with Crippen molar-refractivity contribution in [3.05, 3.63) is 41.4 Å². The van der Waals surface area contributed by atoms with E-state index in [9.17, 15) is 8.42 Å². The van der Waals surface area contributed by atoms with Gasteiger partial charge in [-0.3, -0.25) is 0 Å². The predicted octanol–water partition coefficient (Wildman–Crippen LogP) is 2.55. The molecular formula is C13H14ClNO3S. The van der Waals surface area contributed by atoms with Crippen LogP contribution in [0.2, 0.25) is 5.02 Å². The van der Waals surface area contributed by atoms with E-state index in [4.69, 9.17) is 21.5 Å². The summed E-state index contributed by atoms with van der Waals surface area (Å²) in [6, 6.07) is 11.2. The average molecular weight is 300 g/mol. The molecule has 0 saturated heterocycles. The minimum absolute atomic E-state index is 0.0848. The molecule has 0 fully saturated rings. The quantitative estimate of drug-likeness (QED) is 0.863. The highest BCUT2D eigenvalue weighted by molar-refractivity contribution is 7.89. The molecule has 0 spiro atoms. The topological polar surface area (TPSA) is 69.4 Å². The lowest BCUT2D eigenvalue weighted by atomic mass is 10.1. The highest BCUT2D eigenvalue weighted by atomic mass is 35.5. The first-order chi connectivity index (χ1) is 8.97. The van der Waals surface area contributed by atoms with Crippen molar-refractivity contribution in [1.82, 2.24) is 0 Å². The number of halogens is 1. The minimum atomic E-state index is -3.43. The molecule has 4 nitrogen and oxygen atoms in total. The molecule has 0 unspecified atom stereocenters. The Labute approximate surface area is 117 Å². The SMILES string of the molecule is NS(=O)(=O)CCCOc1ccc(Cl)c2ccccc12. The molecular weight excluding hydrogens is 286 g/mol. The van der Waals surface area contributed by atoms with E-state index in [-0.39, 0.29) is 5.75 Å². The van der Waals surface area contributed by atoms with Gasteiger partial charge >= 0.3 is 0 Å². The van der Waals surface area contributed by atoms with E-state index in [2.05, 4.69) is 0 Å². The molecule has 0 aliphatic carbocycles. The molecule has 6 heteroatoms. The lowest BCUT2D eigenvalue weighted by Gasteiger charge is -2.10. The maximum atomic E-state index is 10.8. The maximum Gasteiger partial charge on any atom is 0.209 e. The summed E-state index contributed by atoms with van der Waals surface area (Å²) in [7, 11) is -3.43. The summed E-state index contributed by atoms with van der Waals surface area (Å²) in [5, 5.41) is 7.40. The van der Waals surface area contributed by atoms with Crippen LogP contribution in [-0.2, 0) is 10.0 Å². The minimum Gasteiger partial charge on any atom is -0.493 e. The van der Waals surface area contributed by atoms with Crippen molar-refractivity contribution in [2.24, 2.45) is 5.14 Å². The van der Waals surface area contributed by atoms with Gasteiger partial charge in [-0.05, 0) is 18.6 Å². The van der Waals surface area contributed by atoms with Gasteiger partial charge in [0.15, 0.2) is 0 Å². The fraction of sp³-hybridized carbons (Fsp3) is 0.231. The summed E-state index contributed by atoms with van der Waals surface area (Å²) < 4.78 is 27.2. The van der Waals surface area contributed by atoms with Gasteiger partial charge in [0.1, 0.15) is 5.75 Å². The summed E-state index contributed by atoms with van der Waals surface area (Å²) >= 11 is 6.10. The Morgan fingerprint density at radius 1 is 1.11 bits per heavy atom. The molecule has 0 aromatic heterocycles. The molecule has 0 atom stereocenters. The number of primary sulfonamides is 1. The third-order valence-electron chi connectivity index (χ3n) is 2.66. The lowest BCUT2D eigenvalue weighted by Crippen LogP contribution is -2.18. The molecule has 2 aromatic carbocycles. The molecule has 2 aromatic rings. The summed E-state index contributed by atoms with van der Waals surface area (Å²) in [4.78, 5) is 0. The van der Waals surface area contributed by atoms with Crippen LogP contribution in [0, 0.1) is 0 Å². The molecule has 0 saturated carbocycles. The van der Waals surface area contributed by atoms with Crippen LogP contribution in [0.15, 0.2) is 36.4 Å². The Kier molecular flexibility index (Phi) is 4.29. The molecule has 2 rings (SSSR count). The second-order valence-electron chi connectivity index (χ2n) is 4.16. The normalized spacial score (nSPS) is 11.7. The maximum absolute atomic E-state index is 10.8. The Morgan fingerprint density at radius 3 is 2.47 bits per heavy atom. The van der Waals surface area contributed by atoms with Gasteiger partial charge in [0.05, 0.1) is 12.4 Å². The zero-order valence-electron chi connectivity index (χ0n) is 10.2. The molecule has 0 bridgehead atoms. The first kappa shape index (κ1) is 14.1. The summed E-state index contributed by atoms with van der Waals surface area (Å²) in [5.41, 5.74) is 0. The molecule has 0 heterocycles. The zero-order valence-corrected chi connectivity index (χ0v) is 11.7. The van der Waals surface area contributed by atoms with Gasteiger partial charge in [-0.25, -0.2) is 13.6 Å². The van der Waals surface area contributed by atoms with Crippen LogP contribution in [0.5, 0.6) is 5.75 Å². The predicted molar refractivity (Wildman–Crippen MR) is 77.0 cm³/mol. The Bertz CT molecular complexity index is 685. The zero-order chi connectivity index (χ0) is 13.9. The van der Waals surface area contributed by atoms with E-state index in [1.54, 1.807) is 12.1 Å². The summed E-state index contributed by atoms with van der Waals surface area (Å²) in [6.45, 7) is 0.294. The van der Waals surface area contributed by atoms with Crippen molar-refractivity contribution in [2.75, 3.05) is 12.4 Å². The molecule has 102 valence electrons. The number of nitrogens with two attached hydrogens (primary N) is 1. The number of rotatable bonds is 5. The van der Waals surface area contributed by atoms with Gasteiger partial charge in [-0.2, -0.15) is 0 Å². The highest BCUT2D eigenvalue weighted by Crippen LogP contribution is 2.31. The van der Waals surface area contributed by atoms with Crippen molar-refractivity contribution in [3.63, 3.8) is 0 Å². The van der Waals surface area contributed by atoms with Gasteiger partial charge in [0.25, 0.3) is 0 Å². The van der Waals surface area contributed by atoms with Gasteiger partial charge in [-0.15, -0.1) is 0 Å². The van der Waals surface area contributed by atoms with E-state index < -0.39 is 10.0 Å². The van der Waals surface area contributed by atoms with Crippen LogP contribution in [0.25, 0.3) is 10.8 Å². The van der Waals surface area contributed by atoms with Crippen LogP contribution < -0.4 is 9.88 Å². The van der Waals surface area contributed by atoms with E-state index in [0.717, 1.165) is 10.8 Å². The standard InChI is InChI=1S/C13H14ClNO3S/c14-12-6-7-13(11-5-2-1-4-10(11)12)18-8-3-9-19(15,16)17/h1-2,4-7H,3,8-9H2,(H2,15,16,17). The van der Waals surface area contributed by atoms with Crippen molar-refractivity contribution in [3.8, 4) is 5.75 Å². The van der Waals surface area contributed by atoms with Crippen LogP contribution >= 0.6 is 11.6 Å². The van der Waals surface area contributed by atoms with E-state index in [1.165, 1.54) is 0 Å². The van der Waals surface area contributed by atoms with Gasteiger partial charge in [0.2, 0.25) is 10.0 Å².